The molecule has 0 spiro atoms. The molecule has 0 aromatic heterocycles. The minimum absolute atomic E-state index is 0.0829. The smallest absolute Gasteiger partial charge is 0.457 e. The summed E-state index contributed by atoms with van der Waals surface area (Å²) in [6.45, 7) is 5.48. The fraction of sp³-hybridized carbons (Fsp3) is 0.766. The van der Waals surface area contributed by atoms with Gasteiger partial charge in [-0.1, -0.05) is 171 Å². The lowest BCUT2D eigenvalue weighted by molar-refractivity contribution is -0.870. The predicted octanol–water partition coefficient (Wildman–Crippen LogP) is 13.3. The van der Waals surface area contributed by atoms with Crippen LogP contribution in [0.3, 0.4) is 0 Å². The summed E-state index contributed by atoms with van der Waals surface area (Å²) in [5.74, 6) is -0.333. The third-order valence-electron chi connectivity index (χ3n) is 9.34. The molecule has 0 saturated carbocycles. The summed E-state index contributed by atoms with van der Waals surface area (Å²) in [5.41, 5.74) is 0. The Kier molecular flexibility index (Phi) is 38.7. The number of rotatable bonds is 41. The first kappa shape index (κ1) is 54.2. The number of quaternary nitrogens is 1. The molecule has 326 valence electrons. The highest BCUT2D eigenvalue weighted by Gasteiger charge is 2.26. The summed E-state index contributed by atoms with van der Waals surface area (Å²) in [6, 6.07) is 0. The van der Waals surface area contributed by atoms with Gasteiger partial charge in [0.1, 0.15) is 19.3 Å². The van der Waals surface area contributed by atoms with Crippen molar-refractivity contribution in [2.45, 2.75) is 180 Å². The van der Waals surface area contributed by atoms with Crippen LogP contribution in [0, 0.1) is 0 Å². The molecule has 0 aromatic rings. The first-order valence-corrected chi connectivity index (χ1v) is 24.0. The van der Waals surface area contributed by atoms with Crippen molar-refractivity contribution in [3.05, 3.63) is 60.8 Å². The molecule has 56 heavy (non-hydrogen) atoms. The average Bonchev–Trinajstić information content (AvgIpc) is 3.15. The molecule has 8 nitrogen and oxygen atoms in total. The number of carbonyl (C=O) groups excluding carboxylic acids is 1. The molecule has 0 aliphatic heterocycles. The van der Waals surface area contributed by atoms with Crippen molar-refractivity contribution in [3.63, 3.8) is 0 Å². The Hall–Kier alpha value is -1.80. The van der Waals surface area contributed by atoms with E-state index >= 15 is 0 Å². The second-order valence-electron chi connectivity index (χ2n) is 16.1. The van der Waals surface area contributed by atoms with Crippen LogP contribution in [-0.4, -0.2) is 75.6 Å². The van der Waals surface area contributed by atoms with E-state index < -0.39 is 13.9 Å². The summed E-state index contributed by atoms with van der Waals surface area (Å²) in [6.07, 6.45) is 49.6. The summed E-state index contributed by atoms with van der Waals surface area (Å²) < 4.78 is 35.0. The molecule has 2 unspecified atom stereocenters. The standard InChI is InChI=1S/C47H86NO7P/c1-6-8-10-12-14-16-18-20-21-22-23-24-25-26-27-28-30-32-34-36-38-40-47(49)55-46(45-54-56(50,51)53-43-41-48(3,4)5)44-52-42-39-37-35-33-31-29-19-17-15-13-11-9-7-2/h8,10,14,16,20-21,23-24,26-27,46H,6-7,9,11-13,15,17-19,22,25,28-45H2,1-5H3/p+1/b10-8-,16-14-,21-20-,24-23-,27-26-. The van der Waals surface area contributed by atoms with Crippen molar-refractivity contribution in [2.24, 2.45) is 0 Å². The topological polar surface area (TPSA) is 91.3 Å². The molecule has 0 rings (SSSR count). The van der Waals surface area contributed by atoms with Crippen molar-refractivity contribution in [1.29, 1.82) is 0 Å². The van der Waals surface area contributed by atoms with Gasteiger partial charge in [0.25, 0.3) is 0 Å². The molecule has 0 saturated heterocycles. The van der Waals surface area contributed by atoms with Crippen LogP contribution in [0.15, 0.2) is 60.8 Å². The number of hydrogen-bond donors (Lipinski definition) is 1. The number of carbonyl (C=O) groups is 1. The van der Waals surface area contributed by atoms with Gasteiger partial charge >= 0.3 is 13.8 Å². The molecule has 0 aromatic carbocycles. The van der Waals surface area contributed by atoms with Gasteiger partial charge in [0.15, 0.2) is 0 Å². The predicted molar refractivity (Wildman–Crippen MR) is 238 cm³/mol. The van der Waals surface area contributed by atoms with E-state index in [1.54, 1.807) is 0 Å². The van der Waals surface area contributed by atoms with Crippen LogP contribution in [0.1, 0.15) is 174 Å². The summed E-state index contributed by atoms with van der Waals surface area (Å²) >= 11 is 0. The highest BCUT2D eigenvalue weighted by molar-refractivity contribution is 7.47. The van der Waals surface area contributed by atoms with E-state index in [1.807, 2.05) is 21.1 Å². The van der Waals surface area contributed by atoms with E-state index in [2.05, 4.69) is 74.6 Å². The van der Waals surface area contributed by atoms with Gasteiger partial charge in [0.2, 0.25) is 0 Å². The van der Waals surface area contributed by atoms with E-state index in [0.717, 1.165) is 83.5 Å². The van der Waals surface area contributed by atoms with Gasteiger partial charge in [-0.2, -0.15) is 0 Å². The fourth-order valence-electron chi connectivity index (χ4n) is 5.87. The van der Waals surface area contributed by atoms with Gasteiger partial charge in [-0.25, -0.2) is 4.57 Å². The van der Waals surface area contributed by atoms with Crippen LogP contribution >= 0.6 is 7.82 Å². The molecule has 2 atom stereocenters. The number of ether oxygens (including phenoxy) is 2. The lowest BCUT2D eigenvalue weighted by Crippen LogP contribution is -2.37. The van der Waals surface area contributed by atoms with E-state index in [0.29, 0.717) is 24.1 Å². The third kappa shape index (κ3) is 43.3. The Labute approximate surface area is 345 Å². The van der Waals surface area contributed by atoms with Crippen LogP contribution in [0.25, 0.3) is 0 Å². The number of nitrogens with zero attached hydrogens (tertiary/aromatic N) is 1. The average molecular weight is 809 g/mol. The van der Waals surface area contributed by atoms with Crippen LogP contribution in [0.4, 0.5) is 0 Å². The fourth-order valence-corrected chi connectivity index (χ4v) is 6.61. The second kappa shape index (κ2) is 40.0. The molecule has 0 heterocycles. The van der Waals surface area contributed by atoms with E-state index in [-0.39, 0.29) is 25.8 Å². The van der Waals surface area contributed by atoms with Crippen molar-refractivity contribution in [2.75, 3.05) is 54.1 Å². The van der Waals surface area contributed by atoms with Crippen molar-refractivity contribution in [1.82, 2.24) is 0 Å². The van der Waals surface area contributed by atoms with Crippen LogP contribution in [0.2, 0.25) is 0 Å². The molecule has 0 bridgehead atoms. The molecular formula is C47H87NO7P+. The number of esters is 1. The maximum absolute atomic E-state index is 12.7. The first-order chi connectivity index (χ1) is 27.1. The number of likely N-dealkylation sites (N-methyl/N-ethyl adjacent to an activating group) is 1. The maximum Gasteiger partial charge on any atom is 0.472 e. The van der Waals surface area contributed by atoms with Gasteiger partial charge in [-0.15, -0.1) is 0 Å². The summed E-state index contributed by atoms with van der Waals surface area (Å²) in [4.78, 5) is 22.9. The van der Waals surface area contributed by atoms with Gasteiger partial charge in [-0.05, 0) is 57.8 Å². The first-order valence-electron chi connectivity index (χ1n) is 22.5. The maximum atomic E-state index is 12.7. The summed E-state index contributed by atoms with van der Waals surface area (Å²) in [7, 11) is 1.65. The quantitative estimate of drug-likeness (QED) is 0.0216. The van der Waals surface area contributed by atoms with E-state index in [1.165, 1.54) is 70.6 Å². The molecule has 0 aliphatic rings. The van der Waals surface area contributed by atoms with Gasteiger partial charge in [0, 0.05) is 13.0 Å². The Morgan fingerprint density at radius 3 is 1.55 bits per heavy atom. The molecule has 0 aliphatic carbocycles. The van der Waals surface area contributed by atoms with Crippen molar-refractivity contribution >= 4 is 13.8 Å². The third-order valence-corrected chi connectivity index (χ3v) is 10.3. The lowest BCUT2D eigenvalue weighted by atomic mass is 10.0. The Balaban J connectivity index is 4.26. The highest BCUT2D eigenvalue weighted by Crippen LogP contribution is 2.43. The number of phosphoric acid groups is 1. The van der Waals surface area contributed by atoms with Gasteiger partial charge in [0.05, 0.1) is 34.4 Å². The molecule has 0 fully saturated rings. The zero-order valence-electron chi connectivity index (χ0n) is 36.9. The molecular weight excluding hydrogens is 721 g/mol. The number of allylic oxidation sites excluding steroid dienone is 10. The van der Waals surface area contributed by atoms with E-state index in [4.69, 9.17) is 18.5 Å². The second-order valence-corrected chi connectivity index (χ2v) is 17.5. The number of hydrogen-bond acceptors (Lipinski definition) is 6. The highest BCUT2D eigenvalue weighted by atomic mass is 31.2. The van der Waals surface area contributed by atoms with E-state index in [9.17, 15) is 14.3 Å². The number of unbranched alkanes of at least 4 members (excludes halogenated alkanes) is 17. The minimum Gasteiger partial charge on any atom is -0.457 e. The number of phosphoric ester groups is 1. The molecule has 0 radical (unpaired) electrons. The SMILES string of the molecule is CC/C=C\C/C=C\C/C=C\C/C=C\C/C=C\CCCCCCCC(=O)OC(COCCCCCCCCCCCCCCC)COP(=O)(O)OCC[N+](C)(C)C. The van der Waals surface area contributed by atoms with Crippen molar-refractivity contribution in [3.8, 4) is 0 Å². The van der Waals surface area contributed by atoms with Gasteiger partial charge < -0.3 is 18.9 Å². The largest absolute Gasteiger partial charge is 0.472 e. The van der Waals surface area contributed by atoms with Gasteiger partial charge in [-0.3, -0.25) is 13.8 Å². The Bertz CT molecular complexity index is 1080. The van der Waals surface area contributed by atoms with Crippen LogP contribution < -0.4 is 0 Å². The summed E-state index contributed by atoms with van der Waals surface area (Å²) in [5, 5.41) is 0. The zero-order chi connectivity index (χ0) is 41.3. The Morgan fingerprint density at radius 2 is 1.04 bits per heavy atom. The Morgan fingerprint density at radius 1 is 0.571 bits per heavy atom. The molecule has 0 amide bonds. The monoisotopic (exact) mass is 809 g/mol. The zero-order valence-corrected chi connectivity index (χ0v) is 37.7. The molecule has 1 N–H and O–H groups in total. The molecule has 9 heteroatoms. The lowest BCUT2D eigenvalue weighted by Gasteiger charge is -2.24. The normalized spacial score (nSPS) is 14.3. The van der Waals surface area contributed by atoms with Crippen molar-refractivity contribution < 1.29 is 37.3 Å². The minimum atomic E-state index is -4.28. The van der Waals surface area contributed by atoms with Crippen LogP contribution in [0.5, 0.6) is 0 Å². The van der Waals surface area contributed by atoms with Crippen LogP contribution in [-0.2, 0) is 27.9 Å².